The highest BCUT2D eigenvalue weighted by molar-refractivity contribution is 6.99. The summed E-state index contributed by atoms with van der Waals surface area (Å²) in [5, 5.41) is 3.34. The van der Waals surface area contributed by atoms with Crippen molar-refractivity contribution < 1.29 is 0 Å². The third-order valence-corrected chi connectivity index (χ3v) is 4.32. The summed E-state index contributed by atoms with van der Waals surface area (Å²) >= 11 is 1.28. The number of nitrogens with zero attached hydrogens (tertiary/aromatic N) is 2. The number of anilines is 1. The lowest BCUT2D eigenvalue weighted by Gasteiger charge is -2.25. The monoisotopic (exact) mass is 273 g/mol. The van der Waals surface area contributed by atoms with Crippen molar-refractivity contribution in [3.63, 3.8) is 0 Å². The number of benzene rings is 1. The fourth-order valence-corrected chi connectivity index (χ4v) is 2.94. The maximum absolute atomic E-state index is 4.42. The van der Waals surface area contributed by atoms with Gasteiger partial charge in [0.2, 0.25) is 0 Å². The van der Waals surface area contributed by atoms with Crippen LogP contribution in [0, 0.1) is 0 Å². The SMILES string of the molecule is CCCNc1nsnc1-c1ccc(C2CCC2)cc1. The summed E-state index contributed by atoms with van der Waals surface area (Å²) in [6.45, 7) is 3.10. The smallest absolute Gasteiger partial charge is 0.168 e. The molecule has 1 aliphatic rings. The molecular weight excluding hydrogens is 254 g/mol. The maximum atomic E-state index is 4.42. The topological polar surface area (TPSA) is 37.8 Å². The lowest BCUT2D eigenvalue weighted by atomic mass is 9.80. The molecule has 4 heteroatoms. The van der Waals surface area contributed by atoms with Gasteiger partial charge in [0.15, 0.2) is 5.82 Å². The Morgan fingerprint density at radius 1 is 1.21 bits per heavy atom. The Hall–Kier alpha value is -1.42. The Kier molecular flexibility index (Phi) is 3.78. The lowest BCUT2D eigenvalue weighted by molar-refractivity contribution is 0.420. The molecular formula is C15H19N3S. The summed E-state index contributed by atoms with van der Waals surface area (Å²) in [5.74, 6) is 1.71. The zero-order chi connectivity index (χ0) is 13.1. The zero-order valence-electron chi connectivity index (χ0n) is 11.2. The molecule has 1 N–H and O–H groups in total. The van der Waals surface area contributed by atoms with Crippen molar-refractivity contribution in [3.8, 4) is 11.3 Å². The molecule has 1 fully saturated rings. The van der Waals surface area contributed by atoms with Gasteiger partial charge in [-0.1, -0.05) is 37.6 Å². The van der Waals surface area contributed by atoms with Gasteiger partial charge in [0.05, 0.1) is 11.7 Å². The largest absolute Gasteiger partial charge is 0.367 e. The van der Waals surface area contributed by atoms with Crippen LogP contribution >= 0.6 is 11.7 Å². The van der Waals surface area contributed by atoms with Crippen molar-refractivity contribution in [1.29, 1.82) is 0 Å². The molecule has 100 valence electrons. The second-order valence-electron chi connectivity index (χ2n) is 5.14. The Morgan fingerprint density at radius 3 is 2.63 bits per heavy atom. The fourth-order valence-electron chi connectivity index (χ4n) is 2.39. The van der Waals surface area contributed by atoms with Crippen molar-refractivity contribution in [1.82, 2.24) is 8.75 Å². The van der Waals surface area contributed by atoms with Gasteiger partial charge >= 0.3 is 0 Å². The summed E-state index contributed by atoms with van der Waals surface area (Å²) in [7, 11) is 0. The van der Waals surface area contributed by atoms with Crippen molar-refractivity contribution in [2.45, 2.75) is 38.5 Å². The fraction of sp³-hybridized carbons (Fsp3) is 0.467. The molecule has 1 aliphatic carbocycles. The normalized spacial score (nSPS) is 15.2. The van der Waals surface area contributed by atoms with Crippen LogP contribution in [0.4, 0.5) is 5.82 Å². The molecule has 0 atom stereocenters. The first-order chi connectivity index (χ1) is 9.38. The van der Waals surface area contributed by atoms with Crippen LogP contribution in [-0.4, -0.2) is 15.3 Å². The van der Waals surface area contributed by atoms with E-state index in [1.165, 1.54) is 36.6 Å². The van der Waals surface area contributed by atoms with E-state index in [1.807, 2.05) is 0 Å². The highest BCUT2D eigenvalue weighted by Crippen LogP contribution is 2.37. The van der Waals surface area contributed by atoms with E-state index in [4.69, 9.17) is 0 Å². The molecule has 2 aromatic rings. The van der Waals surface area contributed by atoms with Crippen LogP contribution in [0.3, 0.4) is 0 Å². The van der Waals surface area contributed by atoms with Gasteiger partial charge in [0.1, 0.15) is 5.69 Å². The molecule has 0 bridgehead atoms. The van der Waals surface area contributed by atoms with Crippen LogP contribution in [-0.2, 0) is 0 Å². The molecule has 19 heavy (non-hydrogen) atoms. The van der Waals surface area contributed by atoms with E-state index in [2.05, 4.69) is 45.3 Å². The quantitative estimate of drug-likeness (QED) is 0.883. The van der Waals surface area contributed by atoms with Gasteiger partial charge < -0.3 is 5.32 Å². The third-order valence-electron chi connectivity index (χ3n) is 3.79. The standard InChI is InChI=1S/C15H19N3S/c1-2-10-16-15-14(17-19-18-15)13-8-6-12(7-9-13)11-4-3-5-11/h6-9,11H,2-5,10H2,1H3,(H,16,18). The van der Waals surface area contributed by atoms with Gasteiger partial charge in [-0.3, -0.25) is 0 Å². The summed E-state index contributed by atoms with van der Waals surface area (Å²) in [5.41, 5.74) is 3.62. The van der Waals surface area contributed by atoms with E-state index in [0.717, 1.165) is 36.0 Å². The molecule has 1 saturated carbocycles. The molecule has 0 saturated heterocycles. The van der Waals surface area contributed by atoms with Crippen LogP contribution in [0.25, 0.3) is 11.3 Å². The summed E-state index contributed by atoms with van der Waals surface area (Å²) in [6.07, 6.45) is 5.17. The van der Waals surface area contributed by atoms with E-state index in [0.29, 0.717) is 0 Å². The number of rotatable bonds is 5. The molecule has 3 rings (SSSR count). The average Bonchev–Trinajstić information content (AvgIpc) is 2.83. The van der Waals surface area contributed by atoms with Gasteiger partial charge in [-0.25, -0.2) is 0 Å². The van der Waals surface area contributed by atoms with Crippen molar-refractivity contribution in [2.24, 2.45) is 0 Å². The van der Waals surface area contributed by atoms with E-state index >= 15 is 0 Å². The summed E-state index contributed by atoms with van der Waals surface area (Å²) in [6, 6.07) is 8.87. The Bertz CT molecular complexity index is 529. The molecule has 1 aromatic carbocycles. The van der Waals surface area contributed by atoms with E-state index in [9.17, 15) is 0 Å². The highest BCUT2D eigenvalue weighted by atomic mass is 32.1. The molecule has 0 spiro atoms. The number of hydrogen-bond donors (Lipinski definition) is 1. The first-order valence-electron chi connectivity index (χ1n) is 7.05. The average molecular weight is 273 g/mol. The van der Waals surface area contributed by atoms with E-state index < -0.39 is 0 Å². The van der Waals surface area contributed by atoms with Crippen LogP contribution in [0.2, 0.25) is 0 Å². The first-order valence-corrected chi connectivity index (χ1v) is 7.78. The number of nitrogens with one attached hydrogen (secondary N) is 1. The van der Waals surface area contributed by atoms with Gasteiger partial charge in [-0.15, -0.1) is 0 Å². The van der Waals surface area contributed by atoms with E-state index in [1.54, 1.807) is 0 Å². The molecule has 0 amide bonds. The molecule has 3 nitrogen and oxygen atoms in total. The Morgan fingerprint density at radius 2 is 2.00 bits per heavy atom. The predicted molar refractivity (Wildman–Crippen MR) is 80.7 cm³/mol. The number of aromatic nitrogens is 2. The van der Waals surface area contributed by atoms with Crippen molar-refractivity contribution >= 4 is 17.5 Å². The zero-order valence-corrected chi connectivity index (χ0v) is 12.0. The Labute approximate surface area is 118 Å². The minimum absolute atomic E-state index is 0.792. The van der Waals surface area contributed by atoms with Gasteiger partial charge in [0, 0.05) is 12.1 Å². The second-order valence-corrected chi connectivity index (χ2v) is 5.67. The van der Waals surface area contributed by atoms with Gasteiger partial charge in [0.25, 0.3) is 0 Å². The maximum Gasteiger partial charge on any atom is 0.168 e. The van der Waals surface area contributed by atoms with Crippen LogP contribution < -0.4 is 5.32 Å². The molecule has 1 heterocycles. The van der Waals surface area contributed by atoms with Crippen LogP contribution in [0.1, 0.15) is 44.1 Å². The van der Waals surface area contributed by atoms with Crippen LogP contribution in [0.5, 0.6) is 0 Å². The van der Waals surface area contributed by atoms with Crippen molar-refractivity contribution in [2.75, 3.05) is 11.9 Å². The van der Waals surface area contributed by atoms with Crippen LogP contribution in [0.15, 0.2) is 24.3 Å². The minimum atomic E-state index is 0.792. The number of hydrogen-bond acceptors (Lipinski definition) is 4. The predicted octanol–water partition coefficient (Wildman–Crippen LogP) is 4.29. The molecule has 0 unspecified atom stereocenters. The third kappa shape index (κ3) is 2.63. The van der Waals surface area contributed by atoms with Gasteiger partial charge in [-0.05, 0) is 30.7 Å². The summed E-state index contributed by atoms with van der Waals surface area (Å²) < 4.78 is 8.75. The highest BCUT2D eigenvalue weighted by Gasteiger charge is 2.19. The van der Waals surface area contributed by atoms with Gasteiger partial charge in [-0.2, -0.15) is 8.75 Å². The van der Waals surface area contributed by atoms with E-state index in [-0.39, 0.29) is 0 Å². The second kappa shape index (κ2) is 5.70. The Balaban J connectivity index is 1.79. The molecule has 1 aromatic heterocycles. The molecule has 0 radical (unpaired) electrons. The molecule has 0 aliphatic heterocycles. The summed E-state index contributed by atoms with van der Waals surface area (Å²) in [4.78, 5) is 0. The minimum Gasteiger partial charge on any atom is -0.367 e. The first kappa shape index (κ1) is 12.6. The lowest BCUT2D eigenvalue weighted by Crippen LogP contribution is -2.08. The van der Waals surface area contributed by atoms with Crippen molar-refractivity contribution in [3.05, 3.63) is 29.8 Å².